The molecular formula is C16H30N2O. The molecule has 0 aromatic rings. The van der Waals surface area contributed by atoms with Gasteiger partial charge in [-0.3, -0.25) is 9.80 Å². The van der Waals surface area contributed by atoms with E-state index in [0.717, 1.165) is 18.7 Å². The normalized spacial score (nSPS) is 40.9. The van der Waals surface area contributed by atoms with Gasteiger partial charge in [0.2, 0.25) is 0 Å². The second-order valence-corrected chi connectivity index (χ2v) is 7.45. The average Bonchev–Trinajstić information content (AvgIpc) is 2.36. The Bertz CT molecular complexity index is 318. The van der Waals surface area contributed by atoms with E-state index >= 15 is 0 Å². The molecule has 3 nitrogen and oxygen atoms in total. The number of nitrogens with zero attached hydrogens (tertiary/aromatic N) is 2. The monoisotopic (exact) mass is 266 g/mol. The lowest BCUT2D eigenvalue weighted by atomic mass is 9.89. The number of hydrogen-bond acceptors (Lipinski definition) is 3. The highest BCUT2D eigenvalue weighted by Gasteiger charge is 2.39. The molecule has 3 unspecified atom stereocenters. The first-order valence-corrected chi connectivity index (χ1v) is 8.19. The van der Waals surface area contributed by atoms with Gasteiger partial charge in [-0.15, -0.1) is 0 Å². The van der Waals surface area contributed by atoms with Crippen LogP contribution < -0.4 is 0 Å². The van der Waals surface area contributed by atoms with Crippen molar-refractivity contribution in [3.8, 4) is 0 Å². The predicted octanol–water partition coefficient (Wildman–Crippen LogP) is 2.50. The third kappa shape index (κ3) is 2.98. The van der Waals surface area contributed by atoms with E-state index in [2.05, 4.69) is 30.6 Å². The fraction of sp³-hybridized carbons (Fsp3) is 1.00. The minimum atomic E-state index is 0.0757. The molecule has 0 amide bonds. The van der Waals surface area contributed by atoms with Gasteiger partial charge in [-0.1, -0.05) is 6.42 Å². The van der Waals surface area contributed by atoms with Gasteiger partial charge in [-0.25, -0.2) is 0 Å². The van der Waals surface area contributed by atoms with Crippen LogP contribution >= 0.6 is 0 Å². The lowest BCUT2D eigenvalue weighted by Crippen LogP contribution is -2.62. The molecule has 0 aromatic heterocycles. The van der Waals surface area contributed by atoms with Gasteiger partial charge in [0.25, 0.3) is 0 Å². The second kappa shape index (κ2) is 5.34. The van der Waals surface area contributed by atoms with Crippen LogP contribution in [0.25, 0.3) is 0 Å². The maximum Gasteiger partial charge on any atom is 0.0641 e. The summed E-state index contributed by atoms with van der Waals surface area (Å²) >= 11 is 0. The zero-order valence-corrected chi connectivity index (χ0v) is 12.9. The van der Waals surface area contributed by atoms with E-state index in [-0.39, 0.29) is 5.60 Å². The van der Waals surface area contributed by atoms with Gasteiger partial charge < -0.3 is 4.74 Å². The van der Waals surface area contributed by atoms with Gasteiger partial charge in [0, 0.05) is 37.8 Å². The van der Waals surface area contributed by atoms with Crippen molar-refractivity contribution in [3.05, 3.63) is 0 Å². The van der Waals surface area contributed by atoms with Crippen LogP contribution in [0.2, 0.25) is 0 Å². The van der Waals surface area contributed by atoms with E-state index in [1.54, 1.807) is 0 Å². The van der Waals surface area contributed by atoms with E-state index in [9.17, 15) is 0 Å². The Labute approximate surface area is 118 Å². The fourth-order valence-electron chi connectivity index (χ4n) is 4.37. The van der Waals surface area contributed by atoms with Crippen molar-refractivity contribution in [2.24, 2.45) is 0 Å². The van der Waals surface area contributed by atoms with Crippen molar-refractivity contribution in [1.29, 1.82) is 0 Å². The van der Waals surface area contributed by atoms with E-state index in [4.69, 9.17) is 4.74 Å². The van der Waals surface area contributed by atoms with E-state index in [1.165, 1.54) is 51.7 Å². The second-order valence-electron chi connectivity index (χ2n) is 7.45. The molecule has 3 aliphatic heterocycles. The van der Waals surface area contributed by atoms with E-state index in [1.807, 2.05) is 0 Å². The SMILES string of the molecule is CC1CN2CCCCC2CN1C1CCOC(C)(C)C1. The van der Waals surface area contributed by atoms with Gasteiger partial charge in [-0.2, -0.15) is 0 Å². The van der Waals surface area contributed by atoms with Crippen LogP contribution in [-0.4, -0.2) is 59.8 Å². The Kier molecular flexibility index (Phi) is 3.89. The summed E-state index contributed by atoms with van der Waals surface area (Å²) in [5, 5.41) is 0. The van der Waals surface area contributed by atoms with Crippen molar-refractivity contribution < 1.29 is 4.74 Å². The first kappa shape index (κ1) is 13.8. The number of piperazine rings is 1. The molecule has 0 saturated carbocycles. The highest BCUT2D eigenvalue weighted by molar-refractivity contribution is 4.94. The van der Waals surface area contributed by atoms with Crippen LogP contribution in [0, 0.1) is 0 Å². The standard InChI is InChI=1S/C16H30N2O/c1-13-11-17-8-5-4-6-15(17)12-18(13)14-7-9-19-16(2,3)10-14/h13-15H,4-12H2,1-3H3. The highest BCUT2D eigenvalue weighted by Crippen LogP contribution is 2.32. The third-order valence-electron chi connectivity index (χ3n) is 5.38. The lowest BCUT2D eigenvalue weighted by molar-refractivity contribution is -0.104. The van der Waals surface area contributed by atoms with Crippen molar-refractivity contribution in [2.45, 2.75) is 76.6 Å². The summed E-state index contributed by atoms with van der Waals surface area (Å²) in [6.07, 6.45) is 6.68. The smallest absolute Gasteiger partial charge is 0.0641 e. The van der Waals surface area contributed by atoms with Gasteiger partial charge in [-0.05, 0) is 53.0 Å². The summed E-state index contributed by atoms with van der Waals surface area (Å²) in [7, 11) is 0. The topological polar surface area (TPSA) is 15.7 Å². The Morgan fingerprint density at radius 3 is 2.68 bits per heavy atom. The van der Waals surface area contributed by atoms with Crippen molar-refractivity contribution in [1.82, 2.24) is 9.80 Å². The zero-order valence-electron chi connectivity index (χ0n) is 12.9. The fourth-order valence-corrected chi connectivity index (χ4v) is 4.37. The number of ether oxygens (including phenoxy) is 1. The summed E-state index contributed by atoms with van der Waals surface area (Å²) in [6.45, 7) is 11.8. The number of fused-ring (bicyclic) bond motifs is 1. The molecule has 3 atom stereocenters. The van der Waals surface area contributed by atoms with Gasteiger partial charge in [0.15, 0.2) is 0 Å². The summed E-state index contributed by atoms with van der Waals surface area (Å²) in [5.41, 5.74) is 0.0757. The Balaban J connectivity index is 1.66. The predicted molar refractivity (Wildman–Crippen MR) is 78.4 cm³/mol. The van der Waals surface area contributed by atoms with E-state index < -0.39 is 0 Å². The number of hydrogen-bond donors (Lipinski definition) is 0. The van der Waals surface area contributed by atoms with Gasteiger partial charge in [0.05, 0.1) is 5.60 Å². The zero-order chi connectivity index (χ0) is 13.5. The summed E-state index contributed by atoms with van der Waals surface area (Å²) in [6, 6.07) is 2.28. The molecule has 3 aliphatic rings. The van der Waals surface area contributed by atoms with Crippen LogP contribution in [0.3, 0.4) is 0 Å². The largest absolute Gasteiger partial charge is 0.375 e. The lowest BCUT2D eigenvalue weighted by Gasteiger charge is -2.52. The van der Waals surface area contributed by atoms with Crippen molar-refractivity contribution in [2.75, 3.05) is 26.2 Å². The van der Waals surface area contributed by atoms with Crippen molar-refractivity contribution in [3.63, 3.8) is 0 Å². The molecule has 0 N–H and O–H groups in total. The molecular weight excluding hydrogens is 236 g/mol. The average molecular weight is 266 g/mol. The van der Waals surface area contributed by atoms with Crippen LogP contribution in [0.5, 0.6) is 0 Å². The molecule has 0 aromatic carbocycles. The summed E-state index contributed by atoms with van der Waals surface area (Å²) in [4.78, 5) is 5.55. The molecule has 3 saturated heterocycles. The molecule has 3 heterocycles. The molecule has 0 bridgehead atoms. The molecule has 0 spiro atoms. The summed E-state index contributed by atoms with van der Waals surface area (Å²) < 4.78 is 5.89. The summed E-state index contributed by atoms with van der Waals surface area (Å²) in [5.74, 6) is 0. The quantitative estimate of drug-likeness (QED) is 0.725. The van der Waals surface area contributed by atoms with Crippen LogP contribution in [0.4, 0.5) is 0 Å². The molecule has 3 rings (SSSR count). The van der Waals surface area contributed by atoms with Crippen LogP contribution in [0.15, 0.2) is 0 Å². The maximum atomic E-state index is 5.89. The molecule has 0 aliphatic carbocycles. The minimum Gasteiger partial charge on any atom is -0.375 e. The molecule has 3 heteroatoms. The van der Waals surface area contributed by atoms with Crippen LogP contribution in [-0.2, 0) is 4.74 Å². The Hall–Kier alpha value is -0.120. The minimum absolute atomic E-state index is 0.0757. The number of rotatable bonds is 1. The Morgan fingerprint density at radius 2 is 1.89 bits per heavy atom. The molecule has 0 radical (unpaired) electrons. The van der Waals surface area contributed by atoms with Crippen LogP contribution in [0.1, 0.15) is 52.9 Å². The maximum absolute atomic E-state index is 5.89. The Morgan fingerprint density at radius 1 is 1.05 bits per heavy atom. The first-order chi connectivity index (χ1) is 9.05. The van der Waals surface area contributed by atoms with E-state index in [0.29, 0.717) is 6.04 Å². The molecule has 3 fully saturated rings. The first-order valence-electron chi connectivity index (χ1n) is 8.19. The third-order valence-corrected chi connectivity index (χ3v) is 5.38. The molecule has 110 valence electrons. The van der Waals surface area contributed by atoms with Gasteiger partial charge >= 0.3 is 0 Å². The van der Waals surface area contributed by atoms with Crippen molar-refractivity contribution >= 4 is 0 Å². The highest BCUT2D eigenvalue weighted by atomic mass is 16.5. The van der Waals surface area contributed by atoms with Gasteiger partial charge in [0.1, 0.15) is 0 Å². The number of piperidine rings is 1. The molecule has 19 heavy (non-hydrogen) atoms.